The molecule has 0 amide bonds. The van der Waals surface area contributed by atoms with Gasteiger partial charge in [0.05, 0.1) is 12.0 Å². The summed E-state index contributed by atoms with van der Waals surface area (Å²) in [5.41, 5.74) is 1.80. The van der Waals surface area contributed by atoms with Gasteiger partial charge in [-0.2, -0.15) is 0 Å². The molecular formula is C7H7FN2. The van der Waals surface area contributed by atoms with E-state index in [2.05, 4.69) is 9.97 Å². The highest BCUT2D eigenvalue weighted by Crippen LogP contribution is 2.20. The molecule has 0 unspecified atom stereocenters. The number of imidazole rings is 1. The second kappa shape index (κ2) is 1.94. The Morgan fingerprint density at radius 1 is 1.50 bits per heavy atom. The number of nitrogens with zero attached hydrogens (tertiary/aromatic N) is 1. The van der Waals surface area contributed by atoms with Gasteiger partial charge in [-0.1, -0.05) is 0 Å². The largest absolute Gasteiger partial charge is 0.348 e. The molecule has 0 atom stereocenters. The maximum Gasteiger partial charge on any atom is 0.103 e. The van der Waals surface area contributed by atoms with Crippen molar-refractivity contribution < 1.29 is 4.39 Å². The van der Waals surface area contributed by atoms with E-state index in [1.165, 1.54) is 6.08 Å². The molecule has 0 bridgehead atoms. The Morgan fingerprint density at radius 2 is 2.40 bits per heavy atom. The summed E-state index contributed by atoms with van der Waals surface area (Å²) in [6.07, 6.45) is 4.34. The molecule has 1 aliphatic rings. The predicted molar refractivity (Wildman–Crippen MR) is 36.0 cm³/mol. The first-order chi connectivity index (χ1) is 4.86. The summed E-state index contributed by atoms with van der Waals surface area (Å²) in [7, 11) is 0. The van der Waals surface area contributed by atoms with E-state index in [4.69, 9.17) is 0 Å². The molecule has 0 radical (unpaired) electrons. The lowest BCUT2D eigenvalue weighted by atomic mass is 10.1. The molecule has 52 valence electrons. The van der Waals surface area contributed by atoms with Crippen molar-refractivity contribution in [3.05, 3.63) is 23.5 Å². The number of halogens is 1. The van der Waals surface area contributed by atoms with Crippen LogP contribution in [0.15, 0.2) is 12.2 Å². The van der Waals surface area contributed by atoms with Gasteiger partial charge in [0.2, 0.25) is 0 Å². The molecule has 0 fully saturated rings. The molecule has 1 aliphatic carbocycles. The van der Waals surface area contributed by atoms with Crippen molar-refractivity contribution in [3.63, 3.8) is 0 Å². The maximum atomic E-state index is 12.5. The molecule has 2 nitrogen and oxygen atoms in total. The average Bonchev–Trinajstić information content (AvgIpc) is 2.33. The number of aromatic amines is 1. The van der Waals surface area contributed by atoms with Gasteiger partial charge in [0.1, 0.15) is 5.83 Å². The molecule has 0 saturated carbocycles. The highest BCUT2D eigenvalue weighted by Gasteiger charge is 2.10. The van der Waals surface area contributed by atoms with E-state index in [0.717, 1.165) is 17.8 Å². The number of fused-ring (bicyclic) bond motifs is 1. The van der Waals surface area contributed by atoms with Gasteiger partial charge in [0.15, 0.2) is 0 Å². The monoisotopic (exact) mass is 138 g/mol. The minimum absolute atomic E-state index is 0.0698. The summed E-state index contributed by atoms with van der Waals surface area (Å²) in [6.45, 7) is 0. The zero-order valence-electron chi connectivity index (χ0n) is 5.39. The zero-order valence-corrected chi connectivity index (χ0v) is 5.39. The summed E-state index contributed by atoms with van der Waals surface area (Å²) in [4.78, 5) is 6.89. The smallest absolute Gasteiger partial charge is 0.103 e. The van der Waals surface area contributed by atoms with Crippen LogP contribution in [-0.4, -0.2) is 9.97 Å². The van der Waals surface area contributed by atoms with Gasteiger partial charge in [-0.25, -0.2) is 9.37 Å². The van der Waals surface area contributed by atoms with E-state index in [-0.39, 0.29) is 5.83 Å². The number of H-pyrrole nitrogens is 1. The minimum Gasteiger partial charge on any atom is -0.348 e. The predicted octanol–water partition coefficient (Wildman–Crippen LogP) is 1.67. The topological polar surface area (TPSA) is 28.7 Å². The summed E-state index contributed by atoms with van der Waals surface area (Å²) < 4.78 is 12.5. The highest BCUT2D eigenvalue weighted by atomic mass is 19.1. The fourth-order valence-corrected chi connectivity index (χ4v) is 1.12. The van der Waals surface area contributed by atoms with Crippen LogP contribution in [-0.2, 0) is 6.42 Å². The molecule has 1 heterocycles. The fourth-order valence-electron chi connectivity index (χ4n) is 1.12. The Morgan fingerprint density at radius 3 is 3.30 bits per heavy atom. The molecular weight excluding hydrogens is 131 g/mol. The lowest BCUT2D eigenvalue weighted by molar-refractivity contribution is 0.588. The van der Waals surface area contributed by atoms with Crippen LogP contribution < -0.4 is 0 Å². The summed E-state index contributed by atoms with van der Waals surface area (Å²) >= 11 is 0. The van der Waals surface area contributed by atoms with Gasteiger partial charge in [0.25, 0.3) is 0 Å². The van der Waals surface area contributed by atoms with Gasteiger partial charge < -0.3 is 4.98 Å². The van der Waals surface area contributed by atoms with E-state index in [1.54, 1.807) is 6.33 Å². The molecule has 1 aromatic rings. The Bertz CT molecular complexity index is 275. The average molecular weight is 138 g/mol. The maximum absolute atomic E-state index is 12.5. The second-order valence-electron chi connectivity index (χ2n) is 2.36. The van der Waals surface area contributed by atoms with Crippen molar-refractivity contribution in [1.82, 2.24) is 9.97 Å². The van der Waals surface area contributed by atoms with Gasteiger partial charge >= 0.3 is 0 Å². The van der Waals surface area contributed by atoms with Crippen LogP contribution in [0.2, 0.25) is 0 Å². The third kappa shape index (κ3) is 0.744. The summed E-state index contributed by atoms with van der Waals surface area (Å²) in [6, 6.07) is 0. The van der Waals surface area contributed by atoms with Crippen molar-refractivity contribution in [2.45, 2.75) is 12.8 Å². The third-order valence-electron chi connectivity index (χ3n) is 1.66. The number of hydrogen-bond acceptors (Lipinski definition) is 1. The molecule has 10 heavy (non-hydrogen) atoms. The van der Waals surface area contributed by atoms with E-state index in [9.17, 15) is 4.39 Å². The number of aromatic nitrogens is 2. The zero-order chi connectivity index (χ0) is 6.97. The molecule has 0 aromatic carbocycles. The number of hydrogen-bond donors (Lipinski definition) is 1. The lowest BCUT2D eigenvalue weighted by Crippen LogP contribution is -1.95. The van der Waals surface area contributed by atoms with Crippen molar-refractivity contribution in [1.29, 1.82) is 0 Å². The second-order valence-corrected chi connectivity index (χ2v) is 2.36. The minimum atomic E-state index is -0.0698. The molecule has 3 heteroatoms. The first-order valence-corrected chi connectivity index (χ1v) is 3.24. The van der Waals surface area contributed by atoms with Crippen LogP contribution in [0.5, 0.6) is 0 Å². The lowest BCUT2D eigenvalue weighted by Gasteiger charge is -2.03. The van der Waals surface area contributed by atoms with Crippen LogP contribution in [0.4, 0.5) is 4.39 Å². The van der Waals surface area contributed by atoms with Crippen molar-refractivity contribution in [2.75, 3.05) is 0 Å². The Labute approximate surface area is 57.8 Å². The number of rotatable bonds is 0. The van der Waals surface area contributed by atoms with Crippen molar-refractivity contribution in [2.24, 2.45) is 0 Å². The van der Waals surface area contributed by atoms with Crippen molar-refractivity contribution >= 4 is 6.08 Å². The normalized spacial score (nSPS) is 16.3. The Balaban J connectivity index is 2.50. The van der Waals surface area contributed by atoms with E-state index in [0.29, 0.717) is 6.42 Å². The Hall–Kier alpha value is -1.12. The van der Waals surface area contributed by atoms with E-state index < -0.39 is 0 Å². The number of allylic oxidation sites excluding steroid dienone is 1. The van der Waals surface area contributed by atoms with Crippen LogP contribution in [0.3, 0.4) is 0 Å². The first kappa shape index (κ1) is 5.65. The van der Waals surface area contributed by atoms with Gasteiger partial charge in [-0.05, 0) is 12.5 Å². The fraction of sp³-hybridized carbons (Fsp3) is 0.286. The van der Waals surface area contributed by atoms with E-state index >= 15 is 0 Å². The van der Waals surface area contributed by atoms with Gasteiger partial charge in [-0.15, -0.1) is 0 Å². The van der Waals surface area contributed by atoms with Gasteiger partial charge in [-0.3, -0.25) is 0 Å². The summed E-state index contributed by atoms with van der Waals surface area (Å²) in [5.74, 6) is -0.0698. The molecule has 1 aromatic heterocycles. The van der Waals surface area contributed by atoms with Crippen LogP contribution in [0.25, 0.3) is 6.08 Å². The van der Waals surface area contributed by atoms with Crippen LogP contribution in [0.1, 0.15) is 17.8 Å². The van der Waals surface area contributed by atoms with Crippen LogP contribution >= 0.6 is 0 Å². The highest BCUT2D eigenvalue weighted by molar-refractivity contribution is 5.52. The van der Waals surface area contributed by atoms with Gasteiger partial charge in [0, 0.05) is 12.1 Å². The third-order valence-corrected chi connectivity index (χ3v) is 1.66. The summed E-state index contributed by atoms with van der Waals surface area (Å²) in [5, 5.41) is 0. The quantitative estimate of drug-likeness (QED) is 0.580. The van der Waals surface area contributed by atoms with Crippen LogP contribution in [0, 0.1) is 0 Å². The Kier molecular flexibility index (Phi) is 1.09. The molecule has 0 spiro atoms. The van der Waals surface area contributed by atoms with E-state index in [1.807, 2.05) is 0 Å². The van der Waals surface area contributed by atoms with Crippen molar-refractivity contribution in [3.8, 4) is 0 Å². The number of nitrogens with one attached hydrogen (secondary N) is 1. The number of aryl methyl sites for hydroxylation is 1. The molecule has 0 aliphatic heterocycles. The molecule has 0 saturated heterocycles. The molecule has 1 N–H and O–H groups in total. The molecule has 2 rings (SSSR count). The first-order valence-electron chi connectivity index (χ1n) is 3.24. The SMILES string of the molecule is FC1=Cc2nc[nH]c2CC1. The standard InChI is InChI=1S/C7H7FN2/c8-5-1-2-6-7(3-5)10-4-9-6/h3-4H,1-2H2,(H,9,10).